The zero-order valence-electron chi connectivity index (χ0n) is 14.8. The van der Waals surface area contributed by atoms with Gasteiger partial charge in [-0.1, -0.05) is 26.0 Å². The van der Waals surface area contributed by atoms with Crippen molar-refractivity contribution in [2.45, 2.75) is 40.2 Å². The Bertz CT molecular complexity index is 868. The standard InChI is InChI=1S/C18H22N4O2S/c1-11(2)14-8-15(24-10-14)9-19-17-18(22-25(23)21-17)20-16-7-5-6-12(3)13(16)4/h5-8,10-11H,9H2,1-4H3,(H,19,21)(H,20,22). The van der Waals surface area contributed by atoms with E-state index in [9.17, 15) is 4.21 Å². The lowest BCUT2D eigenvalue weighted by Gasteiger charge is -2.12. The van der Waals surface area contributed by atoms with E-state index in [1.165, 1.54) is 5.56 Å². The van der Waals surface area contributed by atoms with Crippen LogP contribution >= 0.6 is 0 Å². The largest absolute Gasteiger partial charge is 0.467 e. The molecular formula is C18H22N4O2S. The highest BCUT2D eigenvalue weighted by molar-refractivity contribution is 7.83. The Morgan fingerprint density at radius 3 is 2.68 bits per heavy atom. The molecule has 6 nitrogen and oxygen atoms in total. The molecule has 2 N–H and O–H groups in total. The smallest absolute Gasteiger partial charge is 0.269 e. The fraction of sp³-hybridized carbons (Fsp3) is 0.333. The molecule has 2 aromatic rings. The van der Waals surface area contributed by atoms with Gasteiger partial charge in [0.1, 0.15) is 5.76 Å². The molecule has 0 amide bonds. The van der Waals surface area contributed by atoms with Crippen molar-refractivity contribution in [2.75, 3.05) is 5.32 Å². The average Bonchev–Trinajstić information content (AvgIpc) is 3.16. The number of amidine groups is 2. The first-order valence-electron chi connectivity index (χ1n) is 8.18. The molecule has 132 valence electrons. The number of furan rings is 1. The molecule has 1 aromatic carbocycles. The van der Waals surface area contributed by atoms with Gasteiger partial charge in [0, 0.05) is 5.69 Å². The van der Waals surface area contributed by atoms with Crippen molar-refractivity contribution >= 4 is 28.5 Å². The summed E-state index contributed by atoms with van der Waals surface area (Å²) in [5.41, 5.74) is 4.37. The average molecular weight is 358 g/mol. The van der Waals surface area contributed by atoms with Gasteiger partial charge >= 0.3 is 0 Å². The van der Waals surface area contributed by atoms with Crippen LogP contribution in [0.1, 0.15) is 42.2 Å². The van der Waals surface area contributed by atoms with E-state index in [0.29, 0.717) is 24.1 Å². The SMILES string of the molecule is Cc1cccc(NC2=NS(=O)N=C2NCc2cc(C(C)C)co2)c1C. The molecule has 1 aliphatic heterocycles. The van der Waals surface area contributed by atoms with Crippen LogP contribution < -0.4 is 10.6 Å². The van der Waals surface area contributed by atoms with Gasteiger partial charge < -0.3 is 15.1 Å². The molecule has 0 radical (unpaired) electrons. The third-order valence-corrected chi connectivity index (χ3v) is 4.87. The van der Waals surface area contributed by atoms with Crippen molar-refractivity contribution in [1.82, 2.24) is 5.32 Å². The van der Waals surface area contributed by atoms with Gasteiger partial charge in [0.25, 0.3) is 11.2 Å². The number of anilines is 1. The van der Waals surface area contributed by atoms with Crippen LogP contribution in [0.2, 0.25) is 0 Å². The summed E-state index contributed by atoms with van der Waals surface area (Å²) in [5.74, 6) is 2.16. The molecule has 2 heterocycles. The van der Waals surface area contributed by atoms with Gasteiger partial charge in [0.05, 0.1) is 12.8 Å². The van der Waals surface area contributed by atoms with Crippen molar-refractivity contribution < 1.29 is 8.63 Å². The molecule has 1 unspecified atom stereocenters. The maximum Gasteiger partial charge on any atom is 0.269 e. The lowest BCUT2D eigenvalue weighted by Crippen LogP contribution is -2.33. The van der Waals surface area contributed by atoms with E-state index >= 15 is 0 Å². The summed E-state index contributed by atoms with van der Waals surface area (Å²) in [4.78, 5) is 0. The van der Waals surface area contributed by atoms with Gasteiger partial charge in [-0.25, -0.2) is 4.21 Å². The van der Waals surface area contributed by atoms with E-state index in [4.69, 9.17) is 4.42 Å². The fourth-order valence-electron chi connectivity index (χ4n) is 2.44. The predicted octanol–water partition coefficient (Wildman–Crippen LogP) is 3.61. The Kier molecular flexibility index (Phi) is 5.03. The van der Waals surface area contributed by atoms with E-state index in [1.807, 2.05) is 38.1 Å². The zero-order valence-corrected chi connectivity index (χ0v) is 15.6. The van der Waals surface area contributed by atoms with Gasteiger partial charge in [-0.05, 0) is 48.6 Å². The Morgan fingerprint density at radius 1 is 1.20 bits per heavy atom. The topological polar surface area (TPSA) is 79.0 Å². The van der Waals surface area contributed by atoms with E-state index in [-0.39, 0.29) is 0 Å². The predicted molar refractivity (Wildman–Crippen MR) is 102 cm³/mol. The van der Waals surface area contributed by atoms with Gasteiger partial charge in [0.2, 0.25) is 0 Å². The molecule has 1 aliphatic rings. The molecular weight excluding hydrogens is 336 g/mol. The first-order valence-corrected chi connectivity index (χ1v) is 9.24. The summed E-state index contributed by atoms with van der Waals surface area (Å²) in [6.45, 7) is 8.77. The van der Waals surface area contributed by atoms with Crippen LogP contribution in [0.25, 0.3) is 0 Å². The summed E-state index contributed by atoms with van der Waals surface area (Å²) in [5, 5.41) is 6.38. The van der Waals surface area contributed by atoms with Crippen LogP contribution in [0.5, 0.6) is 0 Å². The number of hydrogen-bond donors (Lipinski definition) is 2. The van der Waals surface area contributed by atoms with Crippen LogP contribution in [0.15, 0.2) is 43.7 Å². The molecule has 1 atom stereocenters. The molecule has 0 aliphatic carbocycles. The maximum absolute atomic E-state index is 11.7. The molecule has 0 bridgehead atoms. The zero-order chi connectivity index (χ0) is 18.0. The van der Waals surface area contributed by atoms with Crippen LogP contribution in [0.4, 0.5) is 5.69 Å². The number of benzene rings is 1. The number of nitrogens with one attached hydrogen (secondary N) is 2. The van der Waals surface area contributed by atoms with Crippen LogP contribution in [0, 0.1) is 13.8 Å². The van der Waals surface area contributed by atoms with Gasteiger partial charge in [-0.3, -0.25) is 0 Å². The second-order valence-corrected chi connectivity index (χ2v) is 7.16. The number of hydrogen-bond acceptors (Lipinski definition) is 4. The monoisotopic (exact) mass is 358 g/mol. The van der Waals surface area contributed by atoms with E-state index < -0.39 is 11.2 Å². The third kappa shape index (κ3) is 3.99. The minimum Gasteiger partial charge on any atom is -0.467 e. The number of aryl methyl sites for hydroxylation is 1. The quantitative estimate of drug-likeness (QED) is 0.875. The fourth-order valence-corrected chi connectivity index (χ4v) is 3.08. The summed E-state index contributed by atoms with van der Waals surface area (Å²) >= 11 is -1.61. The number of nitrogens with zero attached hydrogens (tertiary/aromatic N) is 2. The number of rotatable bonds is 4. The van der Waals surface area contributed by atoms with E-state index in [2.05, 4.69) is 33.3 Å². The van der Waals surface area contributed by atoms with Crippen LogP contribution in [-0.4, -0.2) is 15.9 Å². The van der Waals surface area contributed by atoms with Crippen LogP contribution in [0.3, 0.4) is 0 Å². The second kappa shape index (κ2) is 7.23. The van der Waals surface area contributed by atoms with Crippen molar-refractivity contribution in [3.8, 4) is 0 Å². The highest BCUT2D eigenvalue weighted by Gasteiger charge is 2.20. The summed E-state index contributed by atoms with van der Waals surface area (Å²) < 4.78 is 25.4. The molecule has 0 spiro atoms. The van der Waals surface area contributed by atoms with Gasteiger partial charge in [-0.15, -0.1) is 8.80 Å². The van der Waals surface area contributed by atoms with E-state index in [1.54, 1.807) is 6.26 Å². The van der Waals surface area contributed by atoms with Crippen molar-refractivity contribution in [2.24, 2.45) is 8.80 Å². The first-order chi connectivity index (χ1) is 11.9. The van der Waals surface area contributed by atoms with Crippen molar-refractivity contribution in [3.63, 3.8) is 0 Å². The summed E-state index contributed by atoms with van der Waals surface area (Å²) in [6, 6.07) is 7.99. The van der Waals surface area contributed by atoms with E-state index in [0.717, 1.165) is 22.6 Å². The third-order valence-electron chi connectivity index (χ3n) is 4.19. The normalized spacial score (nSPS) is 16.8. The lowest BCUT2D eigenvalue weighted by atomic mass is 10.1. The van der Waals surface area contributed by atoms with Crippen molar-refractivity contribution in [1.29, 1.82) is 0 Å². The molecule has 3 rings (SSSR count). The Hall–Kier alpha value is -2.41. The first kappa shape index (κ1) is 17.4. The molecule has 0 saturated carbocycles. The van der Waals surface area contributed by atoms with Gasteiger partial charge in [0.15, 0.2) is 11.7 Å². The lowest BCUT2D eigenvalue weighted by molar-refractivity contribution is 0.501. The highest BCUT2D eigenvalue weighted by Crippen LogP contribution is 2.20. The maximum atomic E-state index is 11.7. The van der Waals surface area contributed by atoms with Crippen molar-refractivity contribution in [3.05, 3.63) is 53.0 Å². The van der Waals surface area contributed by atoms with Gasteiger partial charge in [-0.2, -0.15) is 0 Å². The summed E-state index contributed by atoms with van der Waals surface area (Å²) in [7, 11) is 0. The molecule has 1 aromatic heterocycles. The minimum atomic E-state index is -1.61. The second-order valence-electron chi connectivity index (χ2n) is 6.34. The molecule has 25 heavy (non-hydrogen) atoms. The van der Waals surface area contributed by atoms with Crippen LogP contribution in [-0.2, 0) is 17.7 Å². The Labute approximate surface area is 150 Å². The minimum absolute atomic E-state index is 0.414. The molecule has 7 heteroatoms. The molecule has 0 fully saturated rings. The Balaban J connectivity index is 1.70. The highest BCUT2D eigenvalue weighted by atomic mass is 32.2. The molecule has 0 saturated heterocycles. The Morgan fingerprint density at radius 2 is 1.96 bits per heavy atom. The summed E-state index contributed by atoms with van der Waals surface area (Å²) in [6.07, 6.45) is 1.76.